The summed E-state index contributed by atoms with van der Waals surface area (Å²) in [6.07, 6.45) is 1.65. The summed E-state index contributed by atoms with van der Waals surface area (Å²) < 4.78 is 54.9. The van der Waals surface area contributed by atoms with Gasteiger partial charge in [-0.25, -0.2) is 9.37 Å². The van der Waals surface area contributed by atoms with Gasteiger partial charge in [-0.3, -0.25) is 13.9 Å². The van der Waals surface area contributed by atoms with Crippen molar-refractivity contribution < 1.29 is 31.9 Å². The monoisotopic (exact) mass is 637 g/mol. The van der Waals surface area contributed by atoms with Crippen LogP contribution >= 0.6 is 23.2 Å². The van der Waals surface area contributed by atoms with Crippen molar-refractivity contribution in [1.29, 1.82) is 0 Å². The SMILES string of the molecule is Cc1ncc(S(=O)(=O)N2CC(C(=O)NC34CC(NC(=O)COc5ccc(Cl)c(F)c5)(C3)C4)Oc3ccc(Cl)cc32)n1C. The number of sulfonamides is 1. The number of hydrogen-bond acceptors (Lipinski definition) is 7. The predicted molar refractivity (Wildman–Crippen MR) is 151 cm³/mol. The number of imidazole rings is 1. The highest BCUT2D eigenvalue weighted by Crippen LogP contribution is 2.60. The van der Waals surface area contributed by atoms with Gasteiger partial charge in [0.25, 0.3) is 21.8 Å². The lowest BCUT2D eigenvalue weighted by Gasteiger charge is -2.70. The molecule has 42 heavy (non-hydrogen) atoms. The normalized spacial score (nSPS) is 24.0. The quantitative estimate of drug-likeness (QED) is 0.388. The fourth-order valence-electron chi connectivity index (χ4n) is 5.86. The average molecular weight is 639 g/mol. The summed E-state index contributed by atoms with van der Waals surface area (Å²) in [7, 11) is -2.52. The van der Waals surface area contributed by atoms with Gasteiger partial charge in [0.05, 0.1) is 23.5 Å². The summed E-state index contributed by atoms with van der Waals surface area (Å²) >= 11 is 11.8. The van der Waals surface area contributed by atoms with E-state index >= 15 is 0 Å². The Morgan fingerprint density at radius 1 is 1.14 bits per heavy atom. The van der Waals surface area contributed by atoms with Crippen molar-refractivity contribution in [1.82, 2.24) is 20.2 Å². The van der Waals surface area contributed by atoms with E-state index in [2.05, 4.69) is 15.6 Å². The number of amides is 2. The van der Waals surface area contributed by atoms with E-state index in [0.29, 0.717) is 30.1 Å². The Hall–Kier alpha value is -3.55. The van der Waals surface area contributed by atoms with E-state index in [9.17, 15) is 22.4 Å². The van der Waals surface area contributed by atoms with E-state index < -0.39 is 38.9 Å². The van der Waals surface area contributed by atoms with Gasteiger partial charge in [0.1, 0.15) is 23.1 Å². The summed E-state index contributed by atoms with van der Waals surface area (Å²) in [5.41, 5.74) is -0.777. The van der Waals surface area contributed by atoms with Crippen molar-refractivity contribution in [3.63, 3.8) is 0 Å². The minimum Gasteiger partial charge on any atom is -0.484 e. The molecule has 2 N–H and O–H groups in total. The lowest BCUT2D eigenvalue weighted by atomic mass is 9.44. The van der Waals surface area contributed by atoms with Crippen molar-refractivity contribution in [2.24, 2.45) is 7.05 Å². The Morgan fingerprint density at radius 3 is 2.52 bits per heavy atom. The summed E-state index contributed by atoms with van der Waals surface area (Å²) in [6.45, 7) is 1.11. The molecular weight excluding hydrogens is 612 g/mol. The van der Waals surface area contributed by atoms with Gasteiger partial charge in [-0.2, -0.15) is 8.42 Å². The Morgan fingerprint density at radius 2 is 1.86 bits per heavy atom. The third-order valence-electron chi connectivity index (χ3n) is 7.90. The third-order valence-corrected chi connectivity index (χ3v) is 10.3. The number of nitrogens with one attached hydrogen (secondary N) is 2. The molecule has 2 heterocycles. The fraction of sp³-hybridized carbons (Fsp3) is 0.370. The first-order valence-corrected chi connectivity index (χ1v) is 15.2. The Bertz CT molecular complexity index is 1710. The van der Waals surface area contributed by atoms with Gasteiger partial charge < -0.3 is 24.7 Å². The van der Waals surface area contributed by atoms with Crippen molar-refractivity contribution in [3.05, 3.63) is 64.3 Å². The number of carbonyl (C=O) groups is 2. The van der Waals surface area contributed by atoms with Gasteiger partial charge in [0.2, 0.25) is 0 Å². The van der Waals surface area contributed by atoms with Crippen molar-refractivity contribution in [2.75, 3.05) is 17.5 Å². The van der Waals surface area contributed by atoms with Gasteiger partial charge in [0, 0.05) is 29.2 Å². The van der Waals surface area contributed by atoms with E-state index in [1.165, 1.54) is 35.0 Å². The van der Waals surface area contributed by atoms with Crippen LogP contribution in [0.25, 0.3) is 0 Å². The first-order chi connectivity index (χ1) is 19.8. The molecule has 1 aliphatic heterocycles. The first kappa shape index (κ1) is 28.6. The Balaban J connectivity index is 1.09. The fourth-order valence-corrected chi connectivity index (χ4v) is 7.77. The van der Waals surface area contributed by atoms with Crippen LogP contribution in [0.5, 0.6) is 11.5 Å². The number of fused-ring (bicyclic) bond motifs is 1. The molecule has 222 valence electrons. The number of halogens is 3. The molecule has 11 nitrogen and oxygen atoms in total. The van der Waals surface area contributed by atoms with Crippen LogP contribution in [0.4, 0.5) is 10.1 Å². The molecule has 3 aliphatic carbocycles. The molecule has 2 bridgehead atoms. The van der Waals surface area contributed by atoms with Crippen LogP contribution in [0.2, 0.25) is 10.0 Å². The first-order valence-electron chi connectivity index (χ1n) is 13.0. The van der Waals surface area contributed by atoms with E-state index in [1.807, 2.05) is 0 Å². The number of anilines is 1. The van der Waals surface area contributed by atoms with Crippen LogP contribution in [0.3, 0.4) is 0 Å². The van der Waals surface area contributed by atoms with Crippen LogP contribution in [-0.2, 0) is 26.7 Å². The van der Waals surface area contributed by atoms with Gasteiger partial charge in [0.15, 0.2) is 17.7 Å². The Kier molecular flexibility index (Phi) is 6.82. The number of nitrogens with zero attached hydrogens (tertiary/aromatic N) is 3. The molecule has 0 radical (unpaired) electrons. The minimum atomic E-state index is -4.12. The van der Waals surface area contributed by atoms with E-state index in [4.69, 9.17) is 32.7 Å². The molecule has 0 spiro atoms. The molecule has 3 aromatic rings. The highest BCUT2D eigenvalue weighted by molar-refractivity contribution is 7.92. The minimum absolute atomic E-state index is 0.0331. The van der Waals surface area contributed by atoms with Gasteiger partial charge in [-0.1, -0.05) is 23.2 Å². The zero-order chi connectivity index (χ0) is 30.0. The smallest absolute Gasteiger partial charge is 0.281 e. The average Bonchev–Trinajstić information content (AvgIpc) is 3.25. The number of aryl methyl sites for hydroxylation is 1. The molecule has 7 rings (SSSR count). The maximum Gasteiger partial charge on any atom is 0.281 e. The maximum atomic E-state index is 13.7. The zero-order valence-electron chi connectivity index (χ0n) is 22.5. The van der Waals surface area contributed by atoms with E-state index in [0.717, 1.165) is 10.4 Å². The molecular formula is C27H26Cl2FN5O6S. The van der Waals surface area contributed by atoms with Crippen molar-refractivity contribution in [3.8, 4) is 11.5 Å². The second-order valence-electron chi connectivity index (χ2n) is 11.0. The highest BCUT2D eigenvalue weighted by atomic mass is 35.5. The van der Waals surface area contributed by atoms with Gasteiger partial charge in [-0.15, -0.1) is 0 Å². The lowest BCUT2D eigenvalue weighted by molar-refractivity contribution is -0.153. The molecule has 3 fully saturated rings. The molecule has 2 aromatic carbocycles. The Labute approximate surface area is 250 Å². The zero-order valence-corrected chi connectivity index (χ0v) is 24.8. The third kappa shape index (κ3) is 4.92. The molecule has 1 aromatic heterocycles. The molecule has 1 unspecified atom stereocenters. The topological polar surface area (TPSA) is 132 Å². The molecule has 3 saturated carbocycles. The van der Waals surface area contributed by atoms with Crippen LogP contribution in [0.1, 0.15) is 25.1 Å². The second kappa shape index (κ2) is 10.0. The summed E-state index contributed by atoms with van der Waals surface area (Å²) in [6, 6.07) is 8.48. The molecule has 4 aliphatic rings. The number of hydrogen-bond donors (Lipinski definition) is 2. The number of aromatic nitrogens is 2. The molecule has 15 heteroatoms. The highest BCUT2D eigenvalue weighted by Gasteiger charge is 2.69. The van der Waals surface area contributed by atoms with Gasteiger partial charge >= 0.3 is 0 Å². The van der Waals surface area contributed by atoms with Crippen LogP contribution in [0.15, 0.2) is 47.6 Å². The molecule has 2 amide bonds. The predicted octanol–water partition coefficient (Wildman–Crippen LogP) is 3.12. The molecule has 1 atom stereocenters. The van der Waals surface area contributed by atoms with Crippen LogP contribution < -0.4 is 24.4 Å². The molecule has 0 saturated heterocycles. The number of carbonyl (C=O) groups excluding carboxylic acids is 2. The summed E-state index contributed by atoms with van der Waals surface area (Å²) in [5.74, 6) is -0.590. The standard InChI is InChI=1S/C27H26Cl2FN5O6S/c1-15-31-9-24(34(15)2)42(38,39)35-10-22(41-21-6-3-16(28)7-20(21)35)25(37)33-27-12-26(13-27,14-27)32-23(36)11-40-17-4-5-18(29)19(30)8-17/h3-9,22H,10-14H2,1-2H3,(H,32,36)(H,33,37). The van der Waals surface area contributed by atoms with Gasteiger partial charge in [-0.05, 0) is 56.5 Å². The number of ether oxygens (including phenoxy) is 2. The number of rotatable bonds is 8. The lowest BCUT2D eigenvalue weighted by Crippen LogP contribution is -2.84. The van der Waals surface area contributed by atoms with Crippen molar-refractivity contribution >= 4 is 50.7 Å². The van der Waals surface area contributed by atoms with Crippen LogP contribution in [-0.4, -0.2) is 60.1 Å². The number of benzene rings is 2. The maximum absolute atomic E-state index is 13.7. The van der Waals surface area contributed by atoms with E-state index in [1.54, 1.807) is 20.0 Å². The second-order valence-corrected chi connectivity index (χ2v) is 13.6. The van der Waals surface area contributed by atoms with Crippen molar-refractivity contribution in [2.45, 2.75) is 48.4 Å². The largest absolute Gasteiger partial charge is 0.484 e. The van der Waals surface area contributed by atoms with E-state index in [-0.39, 0.29) is 46.3 Å². The summed E-state index contributed by atoms with van der Waals surface area (Å²) in [5, 5.41) is 6.17. The van der Waals surface area contributed by atoms with Crippen LogP contribution in [0, 0.1) is 12.7 Å². The summed E-state index contributed by atoms with van der Waals surface area (Å²) in [4.78, 5) is 29.9.